The molecule has 3 amide bonds. The van der Waals surface area contributed by atoms with E-state index in [1.165, 1.54) is 17.0 Å². The molecule has 9 nitrogen and oxygen atoms in total. The van der Waals surface area contributed by atoms with Gasteiger partial charge in [0, 0.05) is 25.7 Å². The third-order valence-corrected chi connectivity index (χ3v) is 7.54. The second-order valence-electron chi connectivity index (χ2n) is 11.4. The number of nitrogens with one attached hydrogen (secondary N) is 1. The van der Waals surface area contributed by atoms with Crippen molar-refractivity contribution in [1.82, 2.24) is 20.0 Å². The maximum Gasteiger partial charge on any atom is 0.416 e. The lowest BCUT2D eigenvalue weighted by Crippen LogP contribution is -2.59. The summed E-state index contributed by atoms with van der Waals surface area (Å²) in [6, 6.07) is 4.25. The molecule has 3 heterocycles. The summed E-state index contributed by atoms with van der Waals surface area (Å²) >= 11 is 0. The molecule has 1 N–H and O–H groups in total. The van der Waals surface area contributed by atoms with E-state index < -0.39 is 53.5 Å². The van der Waals surface area contributed by atoms with Crippen LogP contribution in [0.2, 0.25) is 0 Å². The molecule has 3 aliphatic heterocycles. The summed E-state index contributed by atoms with van der Waals surface area (Å²) in [6.07, 6.45) is -3.43. The van der Waals surface area contributed by atoms with Crippen LogP contribution in [0.1, 0.15) is 64.1 Å². The van der Waals surface area contributed by atoms with Crippen LogP contribution in [0.25, 0.3) is 0 Å². The Morgan fingerprint density at radius 3 is 2.44 bits per heavy atom. The summed E-state index contributed by atoms with van der Waals surface area (Å²) in [5, 5.41) is 12.1. The predicted octanol–water partition coefficient (Wildman–Crippen LogP) is 3.46. The van der Waals surface area contributed by atoms with Crippen molar-refractivity contribution in [1.29, 1.82) is 5.26 Å². The van der Waals surface area contributed by atoms with Crippen LogP contribution in [0.4, 0.5) is 18.0 Å². The summed E-state index contributed by atoms with van der Waals surface area (Å²) in [5.74, 6) is -0.562. The number of benzene rings is 1. The maximum atomic E-state index is 13.4. The molecule has 4 rings (SSSR count). The second-order valence-corrected chi connectivity index (χ2v) is 11.4. The molecule has 3 aliphatic rings. The highest BCUT2D eigenvalue weighted by molar-refractivity contribution is 5.88. The van der Waals surface area contributed by atoms with Gasteiger partial charge in [0.15, 0.2) is 0 Å². The van der Waals surface area contributed by atoms with E-state index in [4.69, 9.17) is 4.74 Å². The van der Waals surface area contributed by atoms with Crippen LogP contribution in [0.5, 0.6) is 0 Å². The highest BCUT2D eigenvalue weighted by Gasteiger charge is 2.52. The first kappa shape index (κ1) is 28.7. The van der Waals surface area contributed by atoms with Crippen molar-refractivity contribution in [2.24, 2.45) is 0 Å². The van der Waals surface area contributed by atoms with Crippen LogP contribution in [0.3, 0.4) is 0 Å². The van der Waals surface area contributed by atoms with Crippen molar-refractivity contribution in [2.75, 3.05) is 19.6 Å². The summed E-state index contributed by atoms with van der Waals surface area (Å²) in [5.41, 5.74) is -0.923. The minimum atomic E-state index is -4.44. The van der Waals surface area contributed by atoms with Crippen molar-refractivity contribution >= 4 is 17.9 Å². The molecule has 12 heteroatoms. The van der Waals surface area contributed by atoms with Crippen molar-refractivity contribution in [3.63, 3.8) is 0 Å². The van der Waals surface area contributed by atoms with E-state index in [2.05, 4.69) is 11.4 Å². The minimum absolute atomic E-state index is 0.0716. The number of likely N-dealkylation sites (tertiary alicyclic amines) is 3. The van der Waals surface area contributed by atoms with Crippen molar-refractivity contribution < 1.29 is 32.3 Å². The fraction of sp³-hybridized carbons (Fsp3) is 0.630. The van der Waals surface area contributed by atoms with E-state index in [0.29, 0.717) is 37.9 Å². The summed E-state index contributed by atoms with van der Waals surface area (Å²) < 4.78 is 44.2. The summed E-state index contributed by atoms with van der Waals surface area (Å²) in [7, 11) is 0. The van der Waals surface area contributed by atoms with Gasteiger partial charge in [0.25, 0.3) is 0 Å². The van der Waals surface area contributed by atoms with Crippen molar-refractivity contribution in [3.05, 3.63) is 35.4 Å². The standard InChI is InChI=1S/C27H34F3N5O4/c1-16(17-7-9-18(10-8-17)27(28,29)30)35-20-12-22(24(35)37)33(14-20)15-21(32-25(38)39-26(2,3)4)23(36)34-11-5-6-19(34)13-31/h7-10,16,19-22H,5-6,11-12,14-15H2,1-4H3,(H,32,38)/t16-,19+,20?,21+,22-/m1/s1. The SMILES string of the molecule is C[C@H](c1ccc(C(F)(F)F)cc1)N1C(=O)[C@H]2CC1CN2C[C@H](NC(=O)OC(C)(C)C)C(=O)N1CCC[C@H]1C#N. The molecule has 212 valence electrons. The molecule has 1 aromatic carbocycles. The average molecular weight is 550 g/mol. The first-order valence-electron chi connectivity index (χ1n) is 13.1. The van der Waals surface area contributed by atoms with E-state index in [1.54, 1.807) is 32.6 Å². The largest absolute Gasteiger partial charge is 0.444 e. The number of piperazine rings is 1. The Labute approximate surface area is 225 Å². The third kappa shape index (κ3) is 6.13. The van der Waals surface area contributed by atoms with Crippen LogP contribution in [0.15, 0.2) is 24.3 Å². The number of fused-ring (bicyclic) bond motifs is 2. The molecule has 0 aromatic heterocycles. The number of alkyl halides is 3. The number of ether oxygens (including phenoxy) is 1. The quantitative estimate of drug-likeness (QED) is 0.583. The Hall–Kier alpha value is -3.33. The highest BCUT2D eigenvalue weighted by atomic mass is 19.4. The van der Waals surface area contributed by atoms with E-state index in [9.17, 15) is 32.8 Å². The van der Waals surface area contributed by atoms with Gasteiger partial charge in [-0.3, -0.25) is 14.5 Å². The van der Waals surface area contributed by atoms with Crippen molar-refractivity contribution in [2.45, 2.75) is 88.9 Å². The number of amides is 3. The van der Waals surface area contributed by atoms with Gasteiger partial charge in [0.05, 0.1) is 23.7 Å². The topological polar surface area (TPSA) is 106 Å². The number of nitriles is 1. The van der Waals surface area contributed by atoms with E-state index in [-0.39, 0.29) is 18.5 Å². The van der Waals surface area contributed by atoms with Gasteiger partial charge in [-0.15, -0.1) is 0 Å². The van der Waals surface area contributed by atoms with Gasteiger partial charge in [-0.1, -0.05) is 12.1 Å². The molecule has 0 spiro atoms. The van der Waals surface area contributed by atoms with Gasteiger partial charge in [0.2, 0.25) is 11.8 Å². The number of carbonyl (C=O) groups excluding carboxylic acids is 3. The zero-order valence-corrected chi connectivity index (χ0v) is 22.5. The number of carbonyl (C=O) groups is 3. The Kier molecular flexibility index (Phi) is 7.85. The number of alkyl carbamates (subject to hydrolysis) is 1. The monoisotopic (exact) mass is 549 g/mol. The molecule has 0 aliphatic carbocycles. The van der Waals surface area contributed by atoms with Crippen LogP contribution in [-0.4, -0.2) is 82.0 Å². The Morgan fingerprint density at radius 2 is 1.87 bits per heavy atom. The lowest BCUT2D eigenvalue weighted by Gasteiger charge is -2.39. The van der Waals surface area contributed by atoms with Gasteiger partial charge in [0.1, 0.15) is 17.7 Å². The molecule has 5 atom stereocenters. The normalized spacial score (nSPS) is 25.0. The Morgan fingerprint density at radius 1 is 1.21 bits per heavy atom. The fourth-order valence-corrected chi connectivity index (χ4v) is 5.74. The van der Waals surface area contributed by atoms with Gasteiger partial charge in [-0.25, -0.2) is 4.79 Å². The Bertz CT molecular complexity index is 1140. The zero-order chi connectivity index (χ0) is 28.7. The average Bonchev–Trinajstić information content (AvgIpc) is 3.55. The molecule has 1 aromatic rings. The van der Waals surface area contributed by atoms with Crippen LogP contribution < -0.4 is 5.32 Å². The van der Waals surface area contributed by atoms with Crippen molar-refractivity contribution in [3.8, 4) is 6.07 Å². The summed E-state index contributed by atoms with van der Waals surface area (Å²) in [6.45, 7) is 7.84. The Balaban J connectivity index is 1.47. The summed E-state index contributed by atoms with van der Waals surface area (Å²) in [4.78, 5) is 44.5. The number of nitrogens with zero attached hydrogens (tertiary/aromatic N) is 4. The first-order valence-corrected chi connectivity index (χ1v) is 13.1. The number of rotatable bonds is 6. The van der Waals surface area contributed by atoms with Gasteiger partial charge < -0.3 is 19.9 Å². The molecule has 1 unspecified atom stereocenters. The molecule has 39 heavy (non-hydrogen) atoms. The first-order chi connectivity index (χ1) is 18.2. The van der Waals surface area contributed by atoms with Gasteiger partial charge in [-0.2, -0.15) is 18.4 Å². The zero-order valence-electron chi connectivity index (χ0n) is 22.5. The smallest absolute Gasteiger partial charge is 0.416 e. The number of hydrogen-bond acceptors (Lipinski definition) is 6. The number of halogens is 3. The molecule has 3 fully saturated rings. The third-order valence-electron chi connectivity index (χ3n) is 7.54. The van der Waals surface area contributed by atoms with Gasteiger partial charge in [-0.05, 0) is 64.7 Å². The fourth-order valence-electron chi connectivity index (χ4n) is 5.74. The minimum Gasteiger partial charge on any atom is -0.444 e. The molecule has 2 bridgehead atoms. The van der Waals surface area contributed by atoms with E-state index in [0.717, 1.165) is 12.1 Å². The maximum absolute atomic E-state index is 13.4. The molecule has 3 saturated heterocycles. The lowest BCUT2D eigenvalue weighted by molar-refractivity contribution is -0.141. The van der Waals surface area contributed by atoms with Crippen LogP contribution >= 0.6 is 0 Å². The molecular weight excluding hydrogens is 515 g/mol. The highest BCUT2D eigenvalue weighted by Crippen LogP contribution is 2.39. The van der Waals surface area contributed by atoms with Crippen LogP contribution in [0, 0.1) is 11.3 Å². The number of hydrogen-bond donors (Lipinski definition) is 1. The lowest BCUT2D eigenvalue weighted by atomic mass is 10.0. The molecule has 0 saturated carbocycles. The van der Waals surface area contributed by atoms with Crippen LogP contribution in [-0.2, 0) is 20.5 Å². The second kappa shape index (κ2) is 10.7. The van der Waals surface area contributed by atoms with E-state index >= 15 is 0 Å². The molecule has 0 radical (unpaired) electrons. The van der Waals surface area contributed by atoms with Gasteiger partial charge >= 0.3 is 12.3 Å². The predicted molar refractivity (Wildman–Crippen MR) is 134 cm³/mol. The van der Waals surface area contributed by atoms with E-state index in [1.807, 2.05) is 4.90 Å². The molecular formula is C27H34F3N5O4.